The van der Waals surface area contributed by atoms with Crippen molar-refractivity contribution in [2.45, 2.75) is 76.7 Å². The van der Waals surface area contributed by atoms with Gasteiger partial charge in [-0.25, -0.2) is 14.8 Å². The molecule has 3 amide bonds. The number of rotatable bonds is 11. The molecule has 266 valence electrons. The normalized spacial score (nSPS) is 18.3. The van der Waals surface area contributed by atoms with Crippen molar-refractivity contribution in [3.8, 4) is 5.75 Å². The lowest BCUT2D eigenvalue weighted by atomic mass is 9.85. The van der Waals surface area contributed by atoms with E-state index in [0.717, 1.165) is 24.2 Å². The molecule has 4 heterocycles. The fourth-order valence-corrected chi connectivity index (χ4v) is 6.20. The average Bonchev–Trinajstić information content (AvgIpc) is 3.50. The number of amides is 3. The highest BCUT2D eigenvalue weighted by molar-refractivity contribution is 5.92. The lowest BCUT2D eigenvalue weighted by Crippen LogP contribution is -2.53. The lowest BCUT2D eigenvalue weighted by molar-refractivity contribution is -0.0281. The first kappa shape index (κ1) is 35.2. The van der Waals surface area contributed by atoms with Gasteiger partial charge in [0, 0.05) is 51.9 Å². The van der Waals surface area contributed by atoms with Crippen LogP contribution in [-0.4, -0.2) is 87.9 Å². The van der Waals surface area contributed by atoms with Crippen LogP contribution in [0.15, 0.2) is 48.7 Å². The highest BCUT2D eigenvalue weighted by Gasteiger charge is 2.31. The molecule has 0 radical (unpaired) electrons. The van der Waals surface area contributed by atoms with Crippen molar-refractivity contribution in [3.05, 3.63) is 77.1 Å². The number of nitrogens with zero attached hydrogens (tertiary/aromatic N) is 6. The summed E-state index contributed by atoms with van der Waals surface area (Å²) < 4.78 is 19.4. The van der Waals surface area contributed by atoms with Gasteiger partial charge in [-0.2, -0.15) is 0 Å². The van der Waals surface area contributed by atoms with Crippen LogP contribution in [0.4, 0.5) is 10.6 Å². The molecule has 2 atom stereocenters. The summed E-state index contributed by atoms with van der Waals surface area (Å²) in [6.07, 6.45) is 3.24. The van der Waals surface area contributed by atoms with E-state index in [2.05, 4.69) is 41.0 Å². The Morgan fingerprint density at radius 2 is 1.72 bits per heavy atom. The number of hydrogen-bond acceptors (Lipinski definition) is 10. The van der Waals surface area contributed by atoms with Crippen LogP contribution in [0.1, 0.15) is 92.9 Å². The van der Waals surface area contributed by atoms with Gasteiger partial charge in [0.15, 0.2) is 11.5 Å². The van der Waals surface area contributed by atoms with Gasteiger partial charge < -0.3 is 24.8 Å². The summed E-state index contributed by atoms with van der Waals surface area (Å²) in [4.78, 5) is 37.7. The van der Waals surface area contributed by atoms with Crippen molar-refractivity contribution in [1.29, 1.82) is 0 Å². The third kappa shape index (κ3) is 7.72. The van der Waals surface area contributed by atoms with E-state index in [1.807, 2.05) is 81.6 Å². The van der Waals surface area contributed by atoms with Crippen LogP contribution in [0.3, 0.4) is 0 Å². The van der Waals surface area contributed by atoms with Crippen LogP contribution in [0.5, 0.6) is 5.75 Å². The van der Waals surface area contributed by atoms with Gasteiger partial charge in [-0.05, 0) is 49.9 Å². The van der Waals surface area contributed by atoms with E-state index >= 15 is 0 Å². The van der Waals surface area contributed by atoms with Crippen LogP contribution in [0.25, 0.3) is 5.65 Å². The highest BCUT2D eigenvalue weighted by Crippen LogP contribution is 2.39. The average molecular weight is 686 g/mol. The van der Waals surface area contributed by atoms with Crippen molar-refractivity contribution in [2.75, 3.05) is 45.7 Å². The van der Waals surface area contributed by atoms with E-state index in [1.54, 1.807) is 20.3 Å². The van der Waals surface area contributed by atoms with Gasteiger partial charge in [-0.1, -0.05) is 45.0 Å². The summed E-state index contributed by atoms with van der Waals surface area (Å²) in [5, 5.41) is 17.5. The smallest absolute Gasteiger partial charge is 0.320 e. The molecular formula is C36H47N9O5. The molecule has 0 unspecified atom stereocenters. The Balaban J connectivity index is 1.13. The molecule has 2 aliphatic rings. The van der Waals surface area contributed by atoms with Crippen molar-refractivity contribution >= 4 is 23.4 Å². The molecule has 1 aliphatic heterocycles. The summed E-state index contributed by atoms with van der Waals surface area (Å²) in [6, 6.07) is 12.8. The maximum Gasteiger partial charge on any atom is 0.320 e. The number of carbonyl (C=O) groups excluding carboxylic acids is 2. The van der Waals surface area contributed by atoms with Crippen LogP contribution >= 0.6 is 0 Å². The van der Waals surface area contributed by atoms with E-state index in [9.17, 15) is 9.59 Å². The van der Waals surface area contributed by atoms with Gasteiger partial charge in [0.1, 0.15) is 23.3 Å². The Bertz CT molecular complexity index is 1850. The van der Waals surface area contributed by atoms with E-state index in [-0.39, 0.29) is 35.3 Å². The molecule has 14 heteroatoms. The second kappa shape index (κ2) is 14.3. The molecule has 1 saturated heterocycles. The van der Waals surface area contributed by atoms with Gasteiger partial charge in [0.05, 0.1) is 24.0 Å². The standard InChI is InChI=1S/C36H47N9O5/c1-35(2,3)28-18-29(40-31(39-28)32(46)37-16-17-44-19-23(20-44)48-6)41-34(47)38-26-13-14-27(25-11-9-8-10-24(25)26)50-22-12-15-30-42-43-33(45(30)21-22)36(4,5)49-7/h8-12,15,18,21,23,26-27H,13-14,16-17,19-20H2,1-7H3,(H,37,46)(H2,38,39,40,41,47)/t26-,27+/m0/s1. The summed E-state index contributed by atoms with van der Waals surface area (Å²) >= 11 is 0. The van der Waals surface area contributed by atoms with E-state index in [1.165, 1.54) is 0 Å². The molecule has 50 heavy (non-hydrogen) atoms. The second-order valence-corrected chi connectivity index (χ2v) is 14.4. The number of carbonyl (C=O) groups is 2. The Kier molecular flexibility index (Phi) is 10.1. The number of ether oxygens (including phenoxy) is 3. The minimum Gasteiger partial charge on any atom is -0.484 e. The zero-order valence-corrected chi connectivity index (χ0v) is 29.8. The topological polar surface area (TPSA) is 157 Å². The van der Waals surface area contributed by atoms with Crippen molar-refractivity contribution in [1.82, 2.24) is 40.1 Å². The van der Waals surface area contributed by atoms with Gasteiger partial charge in [0.25, 0.3) is 5.91 Å². The second-order valence-electron chi connectivity index (χ2n) is 14.4. The molecule has 14 nitrogen and oxygen atoms in total. The molecule has 1 aliphatic carbocycles. The molecule has 1 aromatic carbocycles. The number of methoxy groups -OCH3 is 2. The Morgan fingerprint density at radius 3 is 2.44 bits per heavy atom. The molecule has 6 rings (SSSR count). The largest absolute Gasteiger partial charge is 0.484 e. The number of hydrogen-bond donors (Lipinski definition) is 3. The maximum atomic E-state index is 13.4. The fourth-order valence-electron chi connectivity index (χ4n) is 6.20. The van der Waals surface area contributed by atoms with Crippen molar-refractivity contribution in [3.63, 3.8) is 0 Å². The van der Waals surface area contributed by atoms with Gasteiger partial charge in [-0.3, -0.25) is 19.4 Å². The highest BCUT2D eigenvalue weighted by atomic mass is 16.5. The van der Waals surface area contributed by atoms with E-state index < -0.39 is 17.5 Å². The summed E-state index contributed by atoms with van der Waals surface area (Å²) in [5.74, 6) is 1.22. The summed E-state index contributed by atoms with van der Waals surface area (Å²) in [7, 11) is 3.35. The number of urea groups is 1. The third-order valence-electron chi connectivity index (χ3n) is 9.35. The third-order valence-corrected chi connectivity index (χ3v) is 9.35. The molecule has 0 spiro atoms. The van der Waals surface area contributed by atoms with Crippen LogP contribution < -0.4 is 20.7 Å². The number of benzene rings is 1. The molecule has 3 aromatic heterocycles. The predicted octanol–water partition coefficient (Wildman–Crippen LogP) is 4.54. The predicted molar refractivity (Wildman–Crippen MR) is 187 cm³/mol. The number of anilines is 1. The van der Waals surface area contributed by atoms with E-state index in [4.69, 9.17) is 14.2 Å². The number of fused-ring (bicyclic) bond motifs is 2. The zero-order chi connectivity index (χ0) is 35.6. The molecule has 4 aromatic rings. The first-order valence-electron chi connectivity index (χ1n) is 17.0. The fraction of sp³-hybridized carbons (Fsp3) is 0.500. The minimum absolute atomic E-state index is 0.0108. The lowest BCUT2D eigenvalue weighted by Gasteiger charge is -2.38. The monoisotopic (exact) mass is 685 g/mol. The summed E-state index contributed by atoms with van der Waals surface area (Å²) in [5.41, 5.74) is 2.30. The van der Waals surface area contributed by atoms with Gasteiger partial charge >= 0.3 is 6.03 Å². The van der Waals surface area contributed by atoms with Crippen LogP contribution in [0.2, 0.25) is 0 Å². The molecule has 3 N–H and O–H groups in total. The maximum absolute atomic E-state index is 13.4. The molecule has 0 bridgehead atoms. The quantitative estimate of drug-likeness (QED) is 0.205. The minimum atomic E-state index is -0.633. The molecule has 1 fully saturated rings. The summed E-state index contributed by atoms with van der Waals surface area (Å²) in [6.45, 7) is 12.7. The number of nitrogens with one attached hydrogen (secondary N) is 3. The SMILES string of the molecule is COC1CN(CCNC(=O)c2nc(NC(=O)N[C@H]3CC[C@@H](Oc4ccc5nnc(C(C)(C)OC)n5c4)c4ccccc43)cc(C(C)(C)C)n2)C1. The Labute approximate surface area is 292 Å². The van der Waals surface area contributed by atoms with Crippen molar-refractivity contribution < 1.29 is 23.8 Å². The number of likely N-dealkylation sites (tertiary alicyclic amines) is 1. The van der Waals surface area contributed by atoms with Crippen LogP contribution in [-0.2, 0) is 20.5 Å². The van der Waals surface area contributed by atoms with Crippen LogP contribution in [0, 0.1) is 0 Å². The first-order chi connectivity index (χ1) is 23.8. The van der Waals surface area contributed by atoms with E-state index in [0.29, 0.717) is 48.8 Å². The number of pyridine rings is 1. The van der Waals surface area contributed by atoms with Gasteiger partial charge in [-0.15, -0.1) is 10.2 Å². The van der Waals surface area contributed by atoms with Gasteiger partial charge in [0.2, 0.25) is 5.82 Å². The number of aromatic nitrogens is 5. The van der Waals surface area contributed by atoms with Crippen molar-refractivity contribution in [2.24, 2.45) is 0 Å². The molecule has 0 saturated carbocycles. The zero-order valence-electron chi connectivity index (χ0n) is 29.8. The first-order valence-corrected chi connectivity index (χ1v) is 17.0. The Morgan fingerprint density at radius 1 is 0.960 bits per heavy atom. The Hall–Kier alpha value is -4.66. The molecular weight excluding hydrogens is 638 g/mol.